The number of sulfonamides is 1. The highest BCUT2D eigenvalue weighted by atomic mass is 35.5. The average Bonchev–Trinajstić information content (AvgIpc) is 3.19. The van der Waals surface area contributed by atoms with Gasteiger partial charge in [0.05, 0.1) is 23.1 Å². The Morgan fingerprint density at radius 3 is 2.60 bits per heavy atom. The number of carbonyl (C=O) groups excluding carboxylic acids is 1. The van der Waals surface area contributed by atoms with E-state index >= 15 is 0 Å². The molecule has 274 valence electrons. The van der Waals surface area contributed by atoms with Crippen LogP contribution in [0.2, 0.25) is 5.02 Å². The molecule has 1 spiro atoms. The minimum absolute atomic E-state index is 0.110. The Morgan fingerprint density at radius 2 is 1.84 bits per heavy atom. The van der Waals surface area contributed by atoms with E-state index in [-0.39, 0.29) is 22.7 Å². The van der Waals surface area contributed by atoms with Crippen molar-refractivity contribution in [3.8, 4) is 5.75 Å². The van der Waals surface area contributed by atoms with Crippen LogP contribution in [0.25, 0.3) is 0 Å². The molecule has 3 aliphatic heterocycles. The van der Waals surface area contributed by atoms with Gasteiger partial charge in [-0.3, -0.25) is 4.79 Å². The van der Waals surface area contributed by atoms with Crippen molar-refractivity contribution in [3.63, 3.8) is 0 Å². The molecule has 2 aromatic carbocycles. The van der Waals surface area contributed by atoms with Crippen molar-refractivity contribution in [1.82, 2.24) is 9.62 Å². The molecule has 10 heteroatoms. The van der Waals surface area contributed by atoms with E-state index in [1.807, 2.05) is 25.1 Å². The second-order valence-electron chi connectivity index (χ2n) is 17.1. The van der Waals surface area contributed by atoms with Crippen molar-refractivity contribution in [2.75, 3.05) is 44.7 Å². The number of fused-ring (bicyclic) bond motifs is 4. The summed E-state index contributed by atoms with van der Waals surface area (Å²) < 4.78 is 36.2. The summed E-state index contributed by atoms with van der Waals surface area (Å²) in [6.07, 6.45) is 10.1. The molecule has 2 fully saturated rings. The van der Waals surface area contributed by atoms with Crippen LogP contribution in [0.1, 0.15) is 106 Å². The van der Waals surface area contributed by atoms with E-state index in [1.165, 1.54) is 11.1 Å². The van der Waals surface area contributed by atoms with Crippen molar-refractivity contribution in [3.05, 3.63) is 58.1 Å². The van der Waals surface area contributed by atoms with Gasteiger partial charge in [0, 0.05) is 35.6 Å². The van der Waals surface area contributed by atoms with Crippen LogP contribution in [0, 0.1) is 23.2 Å². The molecule has 2 aliphatic carbocycles. The van der Waals surface area contributed by atoms with Crippen molar-refractivity contribution in [1.29, 1.82) is 0 Å². The molecule has 2 aromatic rings. The first kappa shape index (κ1) is 36.0. The first-order valence-electron chi connectivity index (χ1n) is 19.0. The summed E-state index contributed by atoms with van der Waals surface area (Å²) in [5.41, 5.74) is 2.36. The summed E-state index contributed by atoms with van der Waals surface area (Å²) in [5.74, 6) is 0.455. The maximum Gasteiger partial charge on any atom is 0.264 e. The first-order valence-corrected chi connectivity index (χ1v) is 20.9. The minimum Gasteiger partial charge on any atom is -0.490 e. The number of halogens is 1. The number of piperidine rings is 1. The molecule has 1 saturated carbocycles. The fourth-order valence-electron chi connectivity index (χ4n) is 10.5. The fraction of sp³-hybridized carbons (Fsp3) is 0.675. The number of aryl methyl sites for hydroxylation is 1. The van der Waals surface area contributed by atoms with E-state index < -0.39 is 26.8 Å². The van der Waals surface area contributed by atoms with E-state index in [4.69, 9.17) is 16.3 Å². The number of hydrogen-bond acceptors (Lipinski definition) is 7. The molecule has 7 rings (SSSR count). The van der Waals surface area contributed by atoms with Gasteiger partial charge in [-0.15, -0.1) is 0 Å². The quantitative estimate of drug-likeness (QED) is 0.346. The van der Waals surface area contributed by atoms with Crippen molar-refractivity contribution >= 4 is 33.2 Å². The number of nitrogens with zero attached hydrogens (tertiary/aromatic N) is 2. The molecule has 7 atom stereocenters. The van der Waals surface area contributed by atoms with Crippen LogP contribution >= 0.6 is 11.6 Å². The van der Waals surface area contributed by atoms with E-state index in [0.29, 0.717) is 49.8 Å². The van der Waals surface area contributed by atoms with Gasteiger partial charge in [-0.05, 0) is 149 Å². The van der Waals surface area contributed by atoms with Gasteiger partial charge in [0.25, 0.3) is 5.91 Å². The van der Waals surface area contributed by atoms with Gasteiger partial charge in [-0.1, -0.05) is 37.9 Å². The molecule has 1 saturated heterocycles. The summed E-state index contributed by atoms with van der Waals surface area (Å²) >= 11 is 6.49. The van der Waals surface area contributed by atoms with E-state index in [1.54, 1.807) is 13.0 Å². The van der Waals surface area contributed by atoms with E-state index in [2.05, 4.69) is 40.6 Å². The lowest BCUT2D eigenvalue weighted by atomic mass is 9.52. The lowest BCUT2D eigenvalue weighted by Gasteiger charge is -2.58. The number of amides is 1. The van der Waals surface area contributed by atoms with E-state index in [0.717, 1.165) is 81.6 Å². The number of likely N-dealkylation sites (tertiary alicyclic amines) is 1. The Morgan fingerprint density at radius 1 is 1.02 bits per heavy atom. The maximum atomic E-state index is 13.6. The fourth-order valence-corrected chi connectivity index (χ4v) is 12.0. The van der Waals surface area contributed by atoms with Crippen LogP contribution in [0.3, 0.4) is 0 Å². The Hall–Kier alpha value is -2.33. The molecule has 1 amide bonds. The van der Waals surface area contributed by atoms with Crippen LogP contribution in [0.4, 0.5) is 5.69 Å². The highest BCUT2D eigenvalue weighted by Gasteiger charge is 2.55. The Bertz CT molecular complexity index is 1720. The second-order valence-corrected chi connectivity index (χ2v) is 19.6. The van der Waals surface area contributed by atoms with Gasteiger partial charge >= 0.3 is 0 Å². The summed E-state index contributed by atoms with van der Waals surface area (Å²) in [6.45, 7) is 10.0. The van der Waals surface area contributed by atoms with Gasteiger partial charge in [0.2, 0.25) is 10.0 Å². The van der Waals surface area contributed by atoms with Gasteiger partial charge in [-0.25, -0.2) is 13.1 Å². The summed E-state index contributed by atoms with van der Waals surface area (Å²) in [5, 5.41) is 12.9. The predicted molar refractivity (Wildman–Crippen MR) is 200 cm³/mol. The standard InChI is InChI=1S/C40H56ClN3O5S/c1-27-8-5-17-40(46,22-29-9-7-19-43(4)23-29)36-15-18-38(36,3)24-44-25-39(16-6-10-30-20-32(41)12-13-33(30)39)26-49-35-14-11-31(21-34(35)44)37(45)42-50(47,48)28(27)2/h11-14,20-21,27-29,36,46H,5-10,15-19,22-26H2,1-4H3,(H,42,45)/t27-,28?,29+,36+,38?,39-,40+/m0/s1. The van der Waals surface area contributed by atoms with Crippen LogP contribution in [-0.2, 0) is 21.9 Å². The molecule has 0 aromatic heterocycles. The third-order valence-corrected chi connectivity index (χ3v) is 15.7. The van der Waals surface area contributed by atoms with Gasteiger partial charge in [0.15, 0.2) is 0 Å². The topological polar surface area (TPSA) is 99.2 Å². The van der Waals surface area contributed by atoms with Crippen molar-refractivity contribution in [2.24, 2.45) is 23.2 Å². The summed E-state index contributed by atoms with van der Waals surface area (Å²) in [4.78, 5) is 18.4. The Kier molecular flexibility index (Phi) is 9.79. The third-order valence-electron chi connectivity index (χ3n) is 13.5. The number of benzene rings is 2. The van der Waals surface area contributed by atoms with Gasteiger partial charge in [0.1, 0.15) is 5.75 Å². The Balaban J connectivity index is 1.31. The predicted octanol–water partition coefficient (Wildman–Crippen LogP) is 6.96. The maximum absolute atomic E-state index is 13.6. The third kappa shape index (κ3) is 6.81. The largest absolute Gasteiger partial charge is 0.490 e. The molecule has 8 nitrogen and oxygen atoms in total. The van der Waals surface area contributed by atoms with Crippen LogP contribution in [0.15, 0.2) is 36.4 Å². The molecule has 50 heavy (non-hydrogen) atoms. The van der Waals surface area contributed by atoms with Crippen molar-refractivity contribution in [2.45, 2.75) is 108 Å². The SMILES string of the molecule is CC1[C@@H](C)CCC[C@@](O)(C[C@H]2CCCN(C)C2)[C@@H]2CCC2(C)CN2C[C@@]3(CCCc4cc(Cl)ccc43)COc3ccc(cc32)C(=O)NS1(=O)=O. The molecular formula is C40H56ClN3O5S. The number of nitrogens with one attached hydrogen (secondary N) is 1. The molecule has 3 heterocycles. The van der Waals surface area contributed by atoms with Gasteiger partial charge in [-0.2, -0.15) is 0 Å². The molecule has 2 N–H and O–H groups in total. The lowest BCUT2D eigenvalue weighted by molar-refractivity contribution is -0.142. The molecule has 5 aliphatic rings. The number of carbonyl (C=O) groups is 1. The number of anilines is 1. The monoisotopic (exact) mass is 725 g/mol. The van der Waals surface area contributed by atoms with Crippen molar-refractivity contribution < 1.29 is 23.1 Å². The van der Waals surface area contributed by atoms with Gasteiger partial charge < -0.3 is 19.6 Å². The summed E-state index contributed by atoms with van der Waals surface area (Å²) in [7, 11) is -1.75. The minimum atomic E-state index is -3.94. The molecule has 0 radical (unpaired) electrons. The second kappa shape index (κ2) is 13.6. The van der Waals surface area contributed by atoms with E-state index in [9.17, 15) is 18.3 Å². The van der Waals surface area contributed by atoms with Crippen LogP contribution in [-0.4, -0.2) is 75.0 Å². The normalized spacial score (nSPS) is 36.3. The average molecular weight is 726 g/mol. The highest BCUT2D eigenvalue weighted by molar-refractivity contribution is 7.90. The molecule has 2 bridgehead atoms. The zero-order valence-corrected chi connectivity index (χ0v) is 31.9. The van der Waals surface area contributed by atoms with Crippen LogP contribution in [0.5, 0.6) is 5.75 Å². The first-order chi connectivity index (χ1) is 23.7. The number of ether oxygens (including phenoxy) is 1. The number of aliphatic hydroxyl groups is 1. The number of hydrogen-bond donors (Lipinski definition) is 2. The smallest absolute Gasteiger partial charge is 0.264 e. The lowest BCUT2D eigenvalue weighted by Crippen LogP contribution is -2.59. The molecular weight excluding hydrogens is 670 g/mol. The summed E-state index contributed by atoms with van der Waals surface area (Å²) in [6, 6.07) is 11.6. The molecule has 2 unspecified atom stereocenters. The zero-order valence-electron chi connectivity index (χ0n) is 30.3. The zero-order chi connectivity index (χ0) is 35.5. The highest BCUT2D eigenvalue weighted by Crippen LogP contribution is 2.57. The Labute approximate surface area is 304 Å². The van der Waals surface area contributed by atoms with Crippen LogP contribution < -0.4 is 14.4 Å². The number of rotatable bonds is 2.